The van der Waals surface area contributed by atoms with Crippen molar-refractivity contribution in [1.29, 1.82) is 0 Å². The molecule has 19 heavy (non-hydrogen) atoms. The van der Waals surface area contributed by atoms with Crippen molar-refractivity contribution in [3.8, 4) is 5.75 Å². The highest BCUT2D eigenvalue weighted by Crippen LogP contribution is 2.39. The van der Waals surface area contributed by atoms with E-state index in [2.05, 4.69) is 65.7 Å². The van der Waals surface area contributed by atoms with Crippen LogP contribution in [0.5, 0.6) is 5.75 Å². The zero-order chi connectivity index (χ0) is 15.0. The van der Waals surface area contributed by atoms with Gasteiger partial charge in [-0.15, -0.1) is 0 Å². The summed E-state index contributed by atoms with van der Waals surface area (Å²) in [5.41, 5.74) is 0.211. The van der Waals surface area contributed by atoms with Gasteiger partial charge in [0.2, 0.25) is 8.32 Å². The van der Waals surface area contributed by atoms with Gasteiger partial charge in [-0.1, -0.05) is 20.8 Å². The zero-order valence-electron chi connectivity index (χ0n) is 11.7. The third-order valence-electron chi connectivity index (χ3n) is 3.41. The second-order valence-electron chi connectivity index (χ2n) is 5.93. The Hall–Kier alpha value is -0.333. The maximum atomic E-state index is 11.1. The van der Waals surface area contributed by atoms with Crippen LogP contribution in [-0.4, -0.2) is 19.4 Å². The lowest BCUT2D eigenvalue weighted by molar-refractivity contribution is 0.0695. The van der Waals surface area contributed by atoms with Gasteiger partial charge in [-0.2, -0.15) is 0 Å². The lowest BCUT2D eigenvalue weighted by Crippen LogP contribution is -2.43. The molecule has 0 aliphatic heterocycles. The van der Waals surface area contributed by atoms with Gasteiger partial charge in [-0.25, -0.2) is 4.79 Å². The van der Waals surface area contributed by atoms with Crippen molar-refractivity contribution >= 4 is 46.1 Å². The van der Waals surface area contributed by atoms with E-state index in [1.807, 2.05) is 0 Å². The first kappa shape index (κ1) is 16.7. The number of hydrogen-bond acceptors (Lipinski definition) is 2. The molecule has 0 bridgehead atoms. The van der Waals surface area contributed by atoms with E-state index in [9.17, 15) is 4.79 Å². The molecule has 0 aliphatic rings. The Morgan fingerprint density at radius 3 is 1.95 bits per heavy atom. The van der Waals surface area contributed by atoms with E-state index >= 15 is 0 Å². The van der Waals surface area contributed by atoms with Crippen molar-refractivity contribution in [2.45, 2.75) is 38.9 Å². The molecule has 0 fully saturated rings. The standard InChI is InChI=1S/C13H18Br2O3Si/c1-13(2,3)19(4,5)18-8-6-9(14)11(12(16)17)10(15)7-8/h6-7H,1-5H3,(H,16,17). The van der Waals surface area contributed by atoms with Crippen LogP contribution in [0, 0.1) is 0 Å². The number of carboxylic acids is 1. The van der Waals surface area contributed by atoms with Crippen molar-refractivity contribution in [2.24, 2.45) is 0 Å². The van der Waals surface area contributed by atoms with Gasteiger partial charge < -0.3 is 9.53 Å². The summed E-state index contributed by atoms with van der Waals surface area (Å²) in [5.74, 6) is -0.284. The Labute approximate surface area is 131 Å². The number of carboxylic acid groups (broad SMARTS) is 1. The highest BCUT2D eigenvalue weighted by molar-refractivity contribution is 9.11. The van der Waals surface area contributed by atoms with Gasteiger partial charge in [0.25, 0.3) is 0 Å². The van der Waals surface area contributed by atoms with E-state index in [-0.39, 0.29) is 10.6 Å². The summed E-state index contributed by atoms with van der Waals surface area (Å²) >= 11 is 6.56. The number of halogens is 2. The van der Waals surface area contributed by atoms with E-state index in [4.69, 9.17) is 9.53 Å². The molecule has 6 heteroatoms. The molecule has 0 aromatic heterocycles. The molecular weight excluding hydrogens is 392 g/mol. The highest BCUT2D eigenvalue weighted by Gasteiger charge is 2.39. The molecule has 0 aliphatic carbocycles. The Morgan fingerprint density at radius 1 is 1.21 bits per heavy atom. The summed E-state index contributed by atoms with van der Waals surface area (Å²) in [6.07, 6.45) is 0. The van der Waals surface area contributed by atoms with Crippen LogP contribution in [-0.2, 0) is 0 Å². The number of carbonyl (C=O) groups is 1. The normalized spacial score (nSPS) is 12.4. The lowest BCUT2D eigenvalue weighted by atomic mass is 10.2. The topological polar surface area (TPSA) is 46.5 Å². The lowest BCUT2D eigenvalue weighted by Gasteiger charge is -2.36. The summed E-state index contributed by atoms with van der Waals surface area (Å²) in [6.45, 7) is 10.8. The molecule has 0 spiro atoms. The van der Waals surface area contributed by atoms with Crippen LogP contribution < -0.4 is 4.43 Å². The maximum absolute atomic E-state index is 11.1. The van der Waals surface area contributed by atoms with Crippen molar-refractivity contribution in [3.63, 3.8) is 0 Å². The van der Waals surface area contributed by atoms with Crippen LogP contribution in [0.4, 0.5) is 0 Å². The Kier molecular flexibility index (Phi) is 4.91. The zero-order valence-corrected chi connectivity index (χ0v) is 15.8. The second kappa shape index (κ2) is 5.58. The summed E-state index contributed by atoms with van der Waals surface area (Å²) in [7, 11) is -1.93. The number of rotatable bonds is 3. The molecule has 3 nitrogen and oxygen atoms in total. The smallest absolute Gasteiger partial charge is 0.338 e. The first-order chi connectivity index (χ1) is 8.45. The van der Waals surface area contributed by atoms with Crippen LogP contribution in [0.15, 0.2) is 21.1 Å². The molecule has 1 aromatic carbocycles. The number of benzene rings is 1. The summed E-state index contributed by atoms with van der Waals surface area (Å²) in [6, 6.07) is 3.43. The van der Waals surface area contributed by atoms with Gasteiger partial charge in [0, 0.05) is 8.95 Å². The molecule has 1 aromatic rings. The fourth-order valence-corrected chi connectivity index (χ4v) is 3.76. The largest absolute Gasteiger partial charge is 0.543 e. The molecule has 0 amide bonds. The first-order valence-electron chi connectivity index (χ1n) is 5.87. The van der Waals surface area contributed by atoms with E-state index in [0.29, 0.717) is 14.7 Å². The van der Waals surface area contributed by atoms with Crippen molar-refractivity contribution in [3.05, 3.63) is 26.6 Å². The van der Waals surface area contributed by atoms with E-state index in [0.717, 1.165) is 0 Å². The summed E-state index contributed by atoms with van der Waals surface area (Å²) in [5, 5.41) is 9.20. The fourth-order valence-electron chi connectivity index (χ4n) is 1.26. The van der Waals surface area contributed by atoms with E-state index in [1.54, 1.807) is 12.1 Å². The monoisotopic (exact) mass is 408 g/mol. The van der Waals surface area contributed by atoms with Crippen LogP contribution in [0.3, 0.4) is 0 Å². The molecule has 1 N–H and O–H groups in total. The average Bonchev–Trinajstić information content (AvgIpc) is 2.12. The van der Waals surface area contributed by atoms with Crippen molar-refractivity contribution in [1.82, 2.24) is 0 Å². The van der Waals surface area contributed by atoms with E-state index < -0.39 is 14.3 Å². The number of aromatic carboxylic acids is 1. The minimum absolute atomic E-state index is 0.0947. The van der Waals surface area contributed by atoms with Gasteiger partial charge in [0.15, 0.2) is 0 Å². The molecule has 0 saturated carbocycles. The molecule has 0 saturated heterocycles. The van der Waals surface area contributed by atoms with Gasteiger partial charge in [0.05, 0.1) is 5.56 Å². The highest BCUT2D eigenvalue weighted by atomic mass is 79.9. The van der Waals surface area contributed by atoms with Gasteiger partial charge in [0.1, 0.15) is 5.75 Å². The van der Waals surface area contributed by atoms with Crippen molar-refractivity contribution < 1.29 is 14.3 Å². The molecular formula is C13H18Br2O3Si. The minimum Gasteiger partial charge on any atom is -0.543 e. The maximum Gasteiger partial charge on any atom is 0.338 e. The molecule has 1 rings (SSSR count). The predicted octanol–water partition coefficient (Wildman–Crippen LogP) is 5.29. The third kappa shape index (κ3) is 3.83. The molecule has 0 heterocycles. The fraction of sp³-hybridized carbons (Fsp3) is 0.462. The van der Waals surface area contributed by atoms with Gasteiger partial charge in [-0.3, -0.25) is 0 Å². The predicted molar refractivity (Wildman–Crippen MR) is 86.6 cm³/mol. The van der Waals surface area contributed by atoms with Crippen molar-refractivity contribution in [2.75, 3.05) is 0 Å². The Bertz CT molecular complexity index is 484. The second-order valence-corrected chi connectivity index (χ2v) is 12.4. The molecule has 106 valence electrons. The molecule has 0 radical (unpaired) electrons. The Balaban J connectivity index is 3.16. The Morgan fingerprint density at radius 2 is 1.63 bits per heavy atom. The SMILES string of the molecule is CC(C)(C)[Si](C)(C)Oc1cc(Br)c(C(=O)O)c(Br)c1. The van der Waals surface area contributed by atoms with Crippen LogP contribution in [0.1, 0.15) is 31.1 Å². The molecule has 0 atom stereocenters. The summed E-state index contributed by atoms with van der Waals surface area (Å²) < 4.78 is 7.18. The minimum atomic E-state index is -1.93. The third-order valence-corrected chi connectivity index (χ3v) is 9.02. The molecule has 0 unspecified atom stereocenters. The van der Waals surface area contributed by atoms with Crippen LogP contribution in [0.2, 0.25) is 18.1 Å². The van der Waals surface area contributed by atoms with Gasteiger partial charge >= 0.3 is 5.97 Å². The van der Waals surface area contributed by atoms with Gasteiger partial charge in [-0.05, 0) is 62.1 Å². The van der Waals surface area contributed by atoms with E-state index in [1.165, 1.54) is 0 Å². The average molecular weight is 410 g/mol. The van der Waals surface area contributed by atoms with Crippen LogP contribution in [0.25, 0.3) is 0 Å². The quantitative estimate of drug-likeness (QED) is 0.689. The summed E-state index contributed by atoms with van der Waals surface area (Å²) in [4.78, 5) is 11.1. The number of hydrogen-bond donors (Lipinski definition) is 1. The first-order valence-corrected chi connectivity index (χ1v) is 10.4. The van der Waals surface area contributed by atoms with Crippen LogP contribution >= 0.6 is 31.9 Å².